The predicted octanol–water partition coefficient (Wildman–Crippen LogP) is 5.13. The standard InChI is InChI=1S/C20H33N/c1-3-4-5-6-7-8-9-14-20(21-2)19-15-17-12-10-11-13-18(17)16-19/h10-13,19-21H,3-9,14-16H2,1-2H3. The van der Waals surface area contributed by atoms with E-state index in [0.717, 1.165) is 5.92 Å². The topological polar surface area (TPSA) is 12.0 Å². The highest BCUT2D eigenvalue weighted by molar-refractivity contribution is 5.32. The maximum Gasteiger partial charge on any atom is 0.00986 e. The highest BCUT2D eigenvalue weighted by Crippen LogP contribution is 2.30. The van der Waals surface area contributed by atoms with Gasteiger partial charge in [-0.05, 0) is 43.4 Å². The first-order valence-corrected chi connectivity index (χ1v) is 9.09. The van der Waals surface area contributed by atoms with E-state index in [0.29, 0.717) is 6.04 Å². The summed E-state index contributed by atoms with van der Waals surface area (Å²) in [7, 11) is 2.15. The number of rotatable bonds is 10. The molecule has 1 aromatic carbocycles. The Balaban J connectivity index is 1.65. The van der Waals surface area contributed by atoms with Crippen molar-refractivity contribution < 1.29 is 0 Å². The molecule has 0 aromatic heterocycles. The van der Waals surface area contributed by atoms with Crippen molar-refractivity contribution in [3.05, 3.63) is 35.4 Å². The number of fused-ring (bicyclic) bond motifs is 1. The van der Waals surface area contributed by atoms with Crippen LogP contribution in [-0.2, 0) is 12.8 Å². The van der Waals surface area contributed by atoms with Gasteiger partial charge in [-0.2, -0.15) is 0 Å². The zero-order chi connectivity index (χ0) is 14.9. The first-order chi connectivity index (χ1) is 10.3. The van der Waals surface area contributed by atoms with E-state index in [-0.39, 0.29) is 0 Å². The van der Waals surface area contributed by atoms with Gasteiger partial charge in [-0.3, -0.25) is 0 Å². The van der Waals surface area contributed by atoms with Gasteiger partial charge in [0.25, 0.3) is 0 Å². The summed E-state index contributed by atoms with van der Waals surface area (Å²) in [4.78, 5) is 0. The van der Waals surface area contributed by atoms with E-state index >= 15 is 0 Å². The first kappa shape index (κ1) is 16.5. The minimum Gasteiger partial charge on any atom is -0.317 e. The van der Waals surface area contributed by atoms with Crippen LogP contribution in [-0.4, -0.2) is 13.1 Å². The van der Waals surface area contributed by atoms with Crippen molar-refractivity contribution in [1.29, 1.82) is 0 Å². The van der Waals surface area contributed by atoms with Crippen LogP contribution >= 0.6 is 0 Å². The summed E-state index contributed by atoms with van der Waals surface area (Å²) in [6, 6.07) is 9.71. The van der Waals surface area contributed by atoms with E-state index in [2.05, 4.69) is 43.6 Å². The van der Waals surface area contributed by atoms with E-state index in [1.54, 1.807) is 11.1 Å². The quantitative estimate of drug-likeness (QED) is 0.588. The Labute approximate surface area is 131 Å². The maximum atomic E-state index is 3.59. The molecule has 0 heterocycles. The SMILES string of the molecule is CCCCCCCCCC(NC)C1Cc2ccccc2C1. The van der Waals surface area contributed by atoms with Crippen molar-refractivity contribution in [3.8, 4) is 0 Å². The lowest BCUT2D eigenvalue weighted by atomic mass is 9.92. The van der Waals surface area contributed by atoms with Gasteiger partial charge in [-0.25, -0.2) is 0 Å². The number of hydrogen-bond donors (Lipinski definition) is 1. The Morgan fingerprint density at radius 2 is 1.52 bits per heavy atom. The van der Waals surface area contributed by atoms with E-state index in [1.807, 2.05) is 0 Å². The molecule has 1 unspecified atom stereocenters. The van der Waals surface area contributed by atoms with Crippen molar-refractivity contribution in [2.75, 3.05) is 7.05 Å². The van der Waals surface area contributed by atoms with Gasteiger partial charge >= 0.3 is 0 Å². The Bertz CT molecular complexity index is 374. The number of hydrogen-bond acceptors (Lipinski definition) is 1. The molecule has 0 saturated heterocycles. The van der Waals surface area contributed by atoms with Crippen LogP contribution in [0.2, 0.25) is 0 Å². The van der Waals surface area contributed by atoms with Crippen LogP contribution in [0.4, 0.5) is 0 Å². The summed E-state index contributed by atoms with van der Waals surface area (Å²) in [6.45, 7) is 2.29. The Kier molecular flexibility index (Phi) is 7.29. The third-order valence-corrected chi connectivity index (χ3v) is 5.14. The number of benzene rings is 1. The summed E-state index contributed by atoms with van der Waals surface area (Å²) >= 11 is 0. The summed E-state index contributed by atoms with van der Waals surface area (Å²) < 4.78 is 0. The van der Waals surface area contributed by atoms with Gasteiger partial charge in [0.15, 0.2) is 0 Å². The summed E-state index contributed by atoms with van der Waals surface area (Å²) in [5.74, 6) is 0.812. The normalized spacial score (nSPS) is 16.1. The Morgan fingerprint density at radius 1 is 0.952 bits per heavy atom. The molecule has 0 amide bonds. The van der Waals surface area contributed by atoms with Gasteiger partial charge in [-0.1, -0.05) is 76.1 Å². The Morgan fingerprint density at radius 3 is 2.10 bits per heavy atom. The molecule has 1 aromatic rings. The second-order valence-electron chi connectivity index (χ2n) is 6.74. The van der Waals surface area contributed by atoms with Crippen LogP contribution < -0.4 is 5.32 Å². The Hall–Kier alpha value is -0.820. The van der Waals surface area contributed by atoms with E-state index in [1.165, 1.54) is 64.2 Å². The molecule has 0 bridgehead atoms. The molecule has 1 heteroatoms. The monoisotopic (exact) mass is 287 g/mol. The minimum atomic E-state index is 0.702. The van der Waals surface area contributed by atoms with Gasteiger partial charge in [0.05, 0.1) is 0 Å². The van der Waals surface area contributed by atoms with E-state index in [4.69, 9.17) is 0 Å². The average Bonchev–Trinajstić information content (AvgIpc) is 2.94. The van der Waals surface area contributed by atoms with Crippen molar-refractivity contribution in [2.45, 2.75) is 77.2 Å². The fourth-order valence-corrected chi connectivity index (χ4v) is 3.81. The van der Waals surface area contributed by atoms with Crippen LogP contribution in [0.3, 0.4) is 0 Å². The second kappa shape index (κ2) is 9.25. The molecule has 0 radical (unpaired) electrons. The first-order valence-electron chi connectivity index (χ1n) is 9.09. The lowest BCUT2D eigenvalue weighted by Crippen LogP contribution is -2.34. The van der Waals surface area contributed by atoms with Crippen molar-refractivity contribution in [3.63, 3.8) is 0 Å². The molecule has 1 nitrogen and oxygen atoms in total. The molecule has 0 saturated carbocycles. The third kappa shape index (κ3) is 5.14. The zero-order valence-electron chi connectivity index (χ0n) is 14.0. The van der Waals surface area contributed by atoms with E-state index < -0.39 is 0 Å². The molecule has 1 aliphatic rings. The van der Waals surface area contributed by atoms with Gasteiger partial charge < -0.3 is 5.32 Å². The predicted molar refractivity (Wildman–Crippen MR) is 92.8 cm³/mol. The molecule has 0 spiro atoms. The average molecular weight is 287 g/mol. The summed E-state index contributed by atoms with van der Waals surface area (Å²) in [5.41, 5.74) is 3.17. The van der Waals surface area contributed by atoms with Gasteiger partial charge in [0.2, 0.25) is 0 Å². The molecular formula is C20H33N. The van der Waals surface area contributed by atoms with Crippen molar-refractivity contribution in [1.82, 2.24) is 5.32 Å². The van der Waals surface area contributed by atoms with Crippen LogP contribution in [0.1, 0.15) is 69.4 Å². The second-order valence-corrected chi connectivity index (χ2v) is 6.74. The molecule has 0 fully saturated rings. The van der Waals surface area contributed by atoms with Crippen LogP contribution in [0.5, 0.6) is 0 Å². The molecule has 2 rings (SSSR count). The van der Waals surface area contributed by atoms with Crippen molar-refractivity contribution in [2.24, 2.45) is 5.92 Å². The van der Waals surface area contributed by atoms with Crippen LogP contribution in [0.15, 0.2) is 24.3 Å². The molecule has 0 aliphatic heterocycles. The molecule has 1 atom stereocenters. The van der Waals surface area contributed by atoms with Crippen LogP contribution in [0.25, 0.3) is 0 Å². The summed E-state index contributed by atoms with van der Waals surface area (Å²) in [5, 5.41) is 3.59. The highest BCUT2D eigenvalue weighted by Gasteiger charge is 2.26. The fourth-order valence-electron chi connectivity index (χ4n) is 3.81. The fraction of sp³-hybridized carbons (Fsp3) is 0.700. The minimum absolute atomic E-state index is 0.702. The molecule has 118 valence electrons. The zero-order valence-corrected chi connectivity index (χ0v) is 14.0. The molecular weight excluding hydrogens is 254 g/mol. The molecule has 1 N–H and O–H groups in total. The lowest BCUT2D eigenvalue weighted by Gasteiger charge is -2.23. The lowest BCUT2D eigenvalue weighted by molar-refractivity contribution is 0.353. The van der Waals surface area contributed by atoms with E-state index in [9.17, 15) is 0 Å². The summed E-state index contributed by atoms with van der Waals surface area (Å²) in [6.07, 6.45) is 13.8. The third-order valence-electron chi connectivity index (χ3n) is 5.14. The van der Waals surface area contributed by atoms with Crippen LogP contribution in [0, 0.1) is 5.92 Å². The van der Waals surface area contributed by atoms with Crippen molar-refractivity contribution >= 4 is 0 Å². The number of nitrogens with one attached hydrogen (secondary N) is 1. The maximum absolute atomic E-state index is 3.59. The molecule has 1 aliphatic carbocycles. The smallest absolute Gasteiger partial charge is 0.00986 e. The van der Waals surface area contributed by atoms with Gasteiger partial charge in [0, 0.05) is 6.04 Å². The highest BCUT2D eigenvalue weighted by atomic mass is 14.9. The largest absolute Gasteiger partial charge is 0.317 e. The molecule has 21 heavy (non-hydrogen) atoms. The number of unbranched alkanes of at least 4 members (excludes halogenated alkanes) is 6. The van der Waals surface area contributed by atoms with Gasteiger partial charge in [0.1, 0.15) is 0 Å². The van der Waals surface area contributed by atoms with Gasteiger partial charge in [-0.15, -0.1) is 0 Å².